The van der Waals surface area contributed by atoms with Crippen LogP contribution in [0.5, 0.6) is 23.0 Å². The Labute approximate surface area is 739 Å². The first-order valence-electron chi connectivity index (χ1n) is 43.1. The first-order valence-corrected chi connectivity index (χ1v) is 44.6. The molecule has 0 aliphatic carbocycles. The van der Waals surface area contributed by atoms with E-state index in [1.807, 2.05) is 175 Å². The number of benzene rings is 10. The number of rotatable bonds is 27. The van der Waals surface area contributed by atoms with Crippen LogP contribution in [0.15, 0.2) is 199 Å². The monoisotopic (exact) mass is 1760 g/mol. The van der Waals surface area contributed by atoms with Gasteiger partial charge in [-0.15, -0.1) is 0 Å². The summed E-state index contributed by atoms with van der Waals surface area (Å²) in [5, 5.41) is 7.82. The molecule has 13 aromatic rings. The lowest BCUT2D eigenvalue weighted by Crippen LogP contribution is -2.38. The molecule has 3 fully saturated rings. The molecule has 7 heterocycles. The van der Waals surface area contributed by atoms with Gasteiger partial charge in [-0.05, 0) is 170 Å². The van der Waals surface area contributed by atoms with Gasteiger partial charge in [-0.2, -0.15) is 0 Å². The lowest BCUT2D eigenvalue weighted by atomic mass is 9.95. The lowest BCUT2D eigenvalue weighted by molar-refractivity contribution is 0.0342. The molecule has 4 aliphatic rings. The molecule has 2 N–H and O–H groups in total. The van der Waals surface area contributed by atoms with Crippen molar-refractivity contribution in [2.75, 3.05) is 132 Å². The van der Waals surface area contributed by atoms with Crippen molar-refractivity contribution >= 4 is 123 Å². The van der Waals surface area contributed by atoms with Crippen molar-refractivity contribution in [1.29, 1.82) is 0 Å². The Balaban J connectivity index is 0.000000134. The van der Waals surface area contributed by atoms with E-state index in [0.717, 1.165) is 289 Å². The molecule has 17 rings (SSSR count). The Bertz CT molecular complexity index is 5900. The number of amides is 1. The Kier molecular flexibility index (Phi) is 30.6. The molecule has 0 radical (unpaired) electrons. The van der Waals surface area contributed by atoms with E-state index in [1.54, 1.807) is 37.0 Å². The number of ether oxygens (including phenoxy) is 7. The third kappa shape index (κ3) is 20.4. The molecule has 10 aromatic carbocycles. The van der Waals surface area contributed by atoms with Gasteiger partial charge in [0.2, 0.25) is 0 Å². The van der Waals surface area contributed by atoms with Gasteiger partial charge in [0.05, 0.1) is 111 Å². The van der Waals surface area contributed by atoms with Crippen LogP contribution >= 0.6 is 39.1 Å². The van der Waals surface area contributed by atoms with Crippen LogP contribution in [0.2, 0.25) is 10.0 Å². The Hall–Kier alpha value is -10.4. The van der Waals surface area contributed by atoms with Crippen molar-refractivity contribution < 1.29 is 52.3 Å². The maximum Gasteiger partial charge on any atom is 0.264 e. The highest BCUT2D eigenvalue weighted by molar-refractivity contribution is 9.10. The predicted molar refractivity (Wildman–Crippen MR) is 498 cm³/mol. The highest BCUT2D eigenvalue weighted by atomic mass is 79.9. The third-order valence-electron chi connectivity index (χ3n) is 24.0. The van der Waals surface area contributed by atoms with Gasteiger partial charge in [0.25, 0.3) is 17.7 Å². The van der Waals surface area contributed by atoms with E-state index < -0.39 is 0 Å². The Morgan fingerprint density at radius 3 is 1.77 bits per heavy atom. The fourth-order valence-electron chi connectivity index (χ4n) is 17.2. The van der Waals surface area contributed by atoms with E-state index in [-0.39, 0.29) is 28.5 Å². The van der Waals surface area contributed by atoms with Crippen LogP contribution in [-0.4, -0.2) is 183 Å². The summed E-state index contributed by atoms with van der Waals surface area (Å²) in [6.45, 7) is 26.7. The number of fused-ring (bicyclic) bond motifs is 6. The summed E-state index contributed by atoms with van der Waals surface area (Å²) in [5.74, 6) is 3.03. The first kappa shape index (κ1) is 88.9. The molecule has 0 saturated carbocycles. The number of carbonyl (C=O) groups excluding carboxylic acids is 4. The van der Waals surface area contributed by atoms with Gasteiger partial charge in [-0.25, -0.2) is 0 Å². The molecular formula is C101H111BrCl2N8O11. The predicted octanol–water partition coefficient (Wildman–Crippen LogP) is 20.5. The number of hydrogen-bond acceptors (Lipinski definition) is 15. The zero-order chi connectivity index (χ0) is 86.0. The summed E-state index contributed by atoms with van der Waals surface area (Å²) in [5.41, 5.74) is 20.1. The molecule has 22 heteroatoms. The second kappa shape index (κ2) is 42.3. The average molecular weight is 1760 g/mol. The smallest absolute Gasteiger partial charge is 0.264 e. The summed E-state index contributed by atoms with van der Waals surface area (Å²) in [6, 6.07) is 62.7. The van der Waals surface area contributed by atoms with Crippen LogP contribution in [0.25, 0.3) is 54.3 Å². The van der Waals surface area contributed by atoms with Crippen LogP contribution in [0.3, 0.4) is 0 Å². The first-order chi connectivity index (χ1) is 60.0. The van der Waals surface area contributed by atoms with Crippen molar-refractivity contribution in [3.05, 3.63) is 276 Å². The molecule has 19 nitrogen and oxygen atoms in total. The number of hydrogen-bond donors (Lipinski definition) is 1. The molecule has 642 valence electrons. The van der Waals surface area contributed by atoms with Gasteiger partial charge in [0, 0.05) is 138 Å². The van der Waals surface area contributed by atoms with E-state index in [4.69, 9.17) is 62.1 Å². The van der Waals surface area contributed by atoms with E-state index >= 15 is 0 Å². The SMILES string of the molecule is CCCCCOc1ccc2c(c1OCCCCC)CN(CCc1ccc(N)cc1)C2=O.COc1ccc2c(c1)c(CCN1CCOCC1)c(C)n2C(=O)c1cccc(Cl)c1Cl.COc1cccc2c(C(=O)c3ccc(Br)c4ccccc34)c(C)n(CCN3CCOCC3)c12.Cc1c(CN2CCOCC2)c2ccccc2n1C(=O)c1cccc2ccccc12. The summed E-state index contributed by atoms with van der Waals surface area (Å²) in [4.78, 5) is 63.4. The molecule has 123 heavy (non-hydrogen) atoms. The van der Waals surface area contributed by atoms with Gasteiger partial charge < -0.3 is 48.4 Å². The zero-order valence-corrected chi connectivity index (χ0v) is 74.7. The van der Waals surface area contributed by atoms with Gasteiger partial charge in [0.1, 0.15) is 11.5 Å². The number of morpholine rings is 3. The van der Waals surface area contributed by atoms with Crippen LogP contribution in [0, 0.1) is 20.8 Å². The van der Waals surface area contributed by atoms with Gasteiger partial charge in [-0.3, -0.25) is 43.0 Å². The van der Waals surface area contributed by atoms with Crippen LogP contribution < -0.4 is 24.7 Å². The minimum Gasteiger partial charge on any atom is -0.497 e. The third-order valence-corrected chi connectivity index (χ3v) is 25.5. The van der Waals surface area contributed by atoms with Crippen molar-refractivity contribution in [3.8, 4) is 23.0 Å². The molecule has 4 aliphatic heterocycles. The number of nitrogens with two attached hydrogens (primary N) is 1. The summed E-state index contributed by atoms with van der Waals surface area (Å²) >= 11 is 16.1. The van der Waals surface area contributed by atoms with Crippen LogP contribution in [0.4, 0.5) is 5.69 Å². The van der Waals surface area contributed by atoms with Gasteiger partial charge in [-0.1, -0.05) is 188 Å². The van der Waals surface area contributed by atoms with E-state index in [9.17, 15) is 19.2 Å². The number of nitrogens with zero attached hydrogens (tertiary/aromatic N) is 7. The molecule has 3 aromatic heterocycles. The summed E-state index contributed by atoms with van der Waals surface area (Å²) < 4.78 is 46.7. The fourth-order valence-corrected chi connectivity index (χ4v) is 18.1. The lowest BCUT2D eigenvalue weighted by Gasteiger charge is -2.27. The Morgan fingerprint density at radius 1 is 0.496 bits per heavy atom. The van der Waals surface area contributed by atoms with E-state index in [2.05, 4.69) is 80.2 Å². The second-order valence-electron chi connectivity index (χ2n) is 31.7. The highest BCUT2D eigenvalue weighted by Gasteiger charge is 2.33. The molecule has 0 spiro atoms. The van der Waals surface area contributed by atoms with Crippen molar-refractivity contribution in [2.24, 2.45) is 0 Å². The molecule has 0 unspecified atom stereocenters. The minimum absolute atomic E-state index is 0.0312. The largest absolute Gasteiger partial charge is 0.497 e. The van der Waals surface area contributed by atoms with Crippen molar-refractivity contribution in [1.82, 2.24) is 33.3 Å². The highest BCUT2D eigenvalue weighted by Crippen LogP contribution is 2.42. The van der Waals surface area contributed by atoms with Crippen LogP contribution in [-0.2, 0) is 46.7 Å². The summed E-state index contributed by atoms with van der Waals surface area (Å²) in [6.07, 6.45) is 8.24. The molecular weight excluding hydrogens is 1650 g/mol. The maximum atomic E-state index is 14.0. The second-order valence-corrected chi connectivity index (χ2v) is 33.3. The zero-order valence-electron chi connectivity index (χ0n) is 71.6. The summed E-state index contributed by atoms with van der Waals surface area (Å²) in [7, 11) is 3.34. The fraction of sp³-hybridized carbons (Fsp3) is 0.347. The van der Waals surface area contributed by atoms with Crippen molar-refractivity contribution in [2.45, 2.75) is 106 Å². The Morgan fingerprint density at radius 2 is 1.08 bits per heavy atom. The molecule has 0 bridgehead atoms. The molecule has 1 amide bonds. The van der Waals surface area contributed by atoms with E-state index in [1.165, 1.54) is 11.1 Å². The number of para-hydroxylation sites is 2. The molecule has 0 atom stereocenters. The van der Waals surface area contributed by atoms with E-state index in [0.29, 0.717) is 42.5 Å². The number of aromatic nitrogens is 3. The number of nitrogen functional groups attached to an aromatic ring is 1. The standard InChI is InChI=1S/C27H27BrN2O3.C26H36N2O3.C25H24N2O2.C23H24Cl2N2O3/c1-18-25(27(31)21-10-11-23(28)20-7-4-3-6-19(20)21)22-8-5-9-24(32-2)26(22)30(18)13-12-29-14-16-33-17-15-29;1-3-5-7-17-30-24-14-13-22-23(25(24)31-18-8-6-4-2)19-28(26(22)29)16-15-20-9-11-21(27)12-10-20;1-18-23(17-26-13-15-29-16-14-26)21-10-4-5-12-24(21)27(18)25(28)22-11-6-8-19-7-2-3-9-20(19)22;1-15-17(8-9-26-10-12-30-13-11-26)19-14-16(29-2)6-7-21(19)27(15)23(28)18-4-3-5-20(24)22(18)25/h3-11H,12-17H2,1-2H3;9-14H,3-8,15-19,27H2,1-2H3;2-12H,13-17H2,1H3;3-7,14H,8-13H2,1-2H3. The van der Waals surface area contributed by atoms with Crippen molar-refractivity contribution in [3.63, 3.8) is 0 Å². The number of unbranched alkanes of at least 4 members (excludes halogenated alkanes) is 4. The number of ketones is 1. The maximum absolute atomic E-state index is 14.0. The quantitative estimate of drug-likeness (QED) is 0.0291. The molecule has 3 saturated heterocycles. The van der Waals surface area contributed by atoms with Gasteiger partial charge >= 0.3 is 0 Å². The topological polar surface area (TPSA) is 187 Å². The average Bonchev–Trinajstić information content (AvgIpc) is 1.61. The van der Waals surface area contributed by atoms with Crippen LogP contribution in [0.1, 0.15) is 139 Å². The van der Waals surface area contributed by atoms with Gasteiger partial charge in [0.15, 0.2) is 17.3 Å². The number of anilines is 1. The minimum atomic E-state index is -0.187. The normalized spacial score (nSPS) is 14.4. The number of carbonyl (C=O) groups is 4. The number of methoxy groups -OCH3 is 2. The number of halogens is 3.